The number of nitrogens with zero attached hydrogens (tertiary/aromatic N) is 4. The van der Waals surface area contributed by atoms with Crippen LogP contribution < -0.4 is 0 Å². The van der Waals surface area contributed by atoms with E-state index in [0.717, 1.165) is 48.1 Å². The van der Waals surface area contributed by atoms with Gasteiger partial charge in [-0.25, -0.2) is 0 Å². The van der Waals surface area contributed by atoms with Crippen molar-refractivity contribution in [2.24, 2.45) is 0 Å². The van der Waals surface area contributed by atoms with Gasteiger partial charge in [0.1, 0.15) is 0 Å². The largest absolute Gasteiger partial charge is 0.340 e. The summed E-state index contributed by atoms with van der Waals surface area (Å²) in [6.45, 7) is 5.66. The molecule has 1 aromatic carbocycles. The van der Waals surface area contributed by atoms with Crippen LogP contribution in [-0.2, 0) is 11.2 Å². The van der Waals surface area contributed by atoms with E-state index < -0.39 is 0 Å². The molecular formula is C21H24N4O. The van der Waals surface area contributed by atoms with Crippen molar-refractivity contribution >= 4 is 16.8 Å². The summed E-state index contributed by atoms with van der Waals surface area (Å²) < 4.78 is 2.09. The van der Waals surface area contributed by atoms with Crippen LogP contribution in [0.5, 0.6) is 0 Å². The molecule has 0 spiro atoms. The van der Waals surface area contributed by atoms with Crippen LogP contribution in [0.4, 0.5) is 0 Å². The van der Waals surface area contributed by atoms with Gasteiger partial charge in [-0.15, -0.1) is 0 Å². The van der Waals surface area contributed by atoms with Crippen LogP contribution in [-0.4, -0.2) is 38.7 Å². The first-order chi connectivity index (χ1) is 12.6. The lowest BCUT2D eigenvalue weighted by atomic mass is 10.0. The molecular weight excluding hydrogens is 324 g/mol. The summed E-state index contributed by atoms with van der Waals surface area (Å²) in [5.74, 6) is 0.175. The molecule has 1 saturated heterocycles. The topological polar surface area (TPSA) is 51.0 Å². The zero-order chi connectivity index (χ0) is 18.1. The highest BCUT2D eigenvalue weighted by molar-refractivity contribution is 5.87. The van der Waals surface area contributed by atoms with Gasteiger partial charge in [-0.2, -0.15) is 5.10 Å². The van der Waals surface area contributed by atoms with Gasteiger partial charge in [-0.05, 0) is 44.4 Å². The van der Waals surface area contributed by atoms with E-state index in [9.17, 15) is 4.79 Å². The summed E-state index contributed by atoms with van der Waals surface area (Å²) in [7, 11) is 0. The lowest BCUT2D eigenvalue weighted by Gasteiger charge is -2.33. The Bertz CT molecular complexity index is 941. The molecule has 0 N–H and O–H groups in total. The first-order valence-corrected chi connectivity index (χ1v) is 9.25. The van der Waals surface area contributed by atoms with Crippen LogP contribution in [0, 0.1) is 13.8 Å². The molecule has 1 aliphatic heterocycles. The van der Waals surface area contributed by atoms with Gasteiger partial charge >= 0.3 is 0 Å². The summed E-state index contributed by atoms with van der Waals surface area (Å²) >= 11 is 0. The van der Waals surface area contributed by atoms with Crippen LogP contribution >= 0.6 is 0 Å². The van der Waals surface area contributed by atoms with Crippen molar-refractivity contribution in [3.8, 4) is 0 Å². The second kappa shape index (κ2) is 6.90. The Hall–Kier alpha value is -2.69. The summed E-state index contributed by atoms with van der Waals surface area (Å²) in [5, 5.41) is 5.70. The monoisotopic (exact) mass is 348 g/mol. The van der Waals surface area contributed by atoms with Crippen molar-refractivity contribution < 1.29 is 4.79 Å². The molecule has 1 atom stereocenters. The maximum atomic E-state index is 12.9. The number of piperidine rings is 1. The van der Waals surface area contributed by atoms with Gasteiger partial charge in [-0.1, -0.05) is 24.3 Å². The third-order valence-corrected chi connectivity index (χ3v) is 5.20. The molecule has 1 fully saturated rings. The number of hydrogen-bond acceptors (Lipinski definition) is 3. The maximum Gasteiger partial charge on any atom is 0.227 e. The fourth-order valence-corrected chi connectivity index (χ4v) is 3.98. The molecule has 134 valence electrons. The van der Waals surface area contributed by atoms with Crippen molar-refractivity contribution in [2.45, 2.75) is 39.2 Å². The number of pyridine rings is 1. The molecule has 0 radical (unpaired) electrons. The Morgan fingerprint density at radius 2 is 2.08 bits per heavy atom. The number of para-hydroxylation sites is 1. The molecule has 3 heterocycles. The Balaban J connectivity index is 1.52. The SMILES string of the molecule is Cc1cc(C)n([C@@H]2CCCN(C(=O)Cc3cccc4cccnc34)C2)n1. The zero-order valence-electron chi connectivity index (χ0n) is 15.4. The van der Waals surface area contributed by atoms with Crippen molar-refractivity contribution in [1.29, 1.82) is 0 Å². The molecule has 0 saturated carbocycles. The normalized spacial score (nSPS) is 17.6. The molecule has 2 aromatic heterocycles. The van der Waals surface area contributed by atoms with Crippen LogP contribution in [0.1, 0.15) is 35.8 Å². The molecule has 1 amide bonds. The third-order valence-electron chi connectivity index (χ3n) is 5.20. The predicted molar refractivity (Wildman–Crippen MR) is 102 cm³/mol. The third kappa shape index (κ3) is 3.21. The maximum absolute atomic E-state index is 12.9. The molecule has 1 aliphatic rings. The average Bonchev–Trinajstić information content (AvgIpc) is 3.00. The fraction of sp³-hybridized carbons (Fsp3) is 0.381. The van der Waals surface area contributed by atoms with E-state index in [2.05, 4.69) is 27.8 Å². The minimum Gasteiger partial charge on any atom is -0.340 e. The number of fused-ring (bicyclic) bond motifs is 1. The highest BCUT2D eigenvalue weighted by atomic mass is 16.2. The highest BCUT2D eigenvalue weighted by Crippen LogP contribution is 2.24. The second-order valence-electron chi connectivity index (χ2n) is 7.18. The number of rotatable bonds is 3. The number of aryl methyl sites for hydroxylation is 2. The Labute approximate surface area is 153 Å². The predicted octanol–water partition coefficient (Wildman–Crippen LogP) is 3.45. The van der Waals surface area contributed by atoms with Crippen molar-refractivity contribution in [3.63, 3.8) is 0 Å². The lowest BCUT2D eigenvalue weighted by molar-refractivity contribution is -0.132. The smallest absolute Gasteiger partial charge is 0.227 e. The summed E-state index contributed by atoms with van der Waals surface area (Å²) in [5.41, 5.74) is 4.13. The van der Waals surface area contributed by atoms with Crippen LogP contribution in [0.3, 0.4) is 0 Å². The summed E-state index contributed by atoms with van der Waals surface area (Å²) in [4.78, 5) is 19.4. The van der Waals surface area contributed by atoms with Gasteiger partial charge in [-0.3, -0.25) is 14.5 Å². The highest BCUT2D eigenvalue weighted by Gasteiger charge is 2.26. The number of benzene rings is 1. The number of aromatic nitrogens is 3. The Morgan fingerprint density at radius 3 is 2.88 bits per heavy atom. The Morgan fingerprint density at radius 1 is 1.23 bits per heavy atom. The van der Waals surface area contributed by atoms with Crippen molar-refractivity contribution in [1.82, 2.24) is 19.7 Å². The molecule has 5 heteroatoms. The van der Waals surface area contributed by atoms with Gasteiger partial charge in [0, 0.05) is 30.4 Å². The molecule has 3 aromatic rings. The number of carbonyl (C=O) groups excluding carboxylic acids is 1. The molecule has 4 rings (SSSR count). The van der Waals surface area contributed by atoms with Gasteiger partial charge in [0.25, 0.3) is 0 Å². The molecule has 26 heavy (non-hydrogen) atoms. The quantitative estimate of drug-likeness (QED) is 0.728. The minimum atomic E-state index is 0.175. The average molecular weight is 348 g/mol. The van der Waals surface area contributed by atoms with E-state index in [1.165, 1.54) is 5.69 Å². The standard InChI is InChI=1S/C21H24N4O/c1-15-12-16(2)25(23-15)19-9-5-11-24(14-19)20(26)13-18-7-3-6-17-8-4-10-22-21(17)18/h3-4,6-8,10,12,19H,5,9,11,13-14H2,1-2H3/t19-/m1/s1. The summed E-state index contributed by atoms with van der Waals surface area (Å²) in [6, 6.07) is 12.4. The number of likely N-dealkylation sites (tertiary alicyclic amines) is 1. The number of carbonyl (C=O) groups is 1. The van der Waals surface area contributed by atoms with E-state index in [1.807, 2.05) is 42.2 Å². The van der Waals surface area contributed by atoms with Gasteiger partial charge in [0.15, 0.2) is 0 Å². The van der Waals surface area contributed by atoms with Gasteiger partial charge in [0.05, 0.1) is 23.7 Å². The van der Waals surface area contributed by atoms with Crippen LogP contribution in [0.25, 0.3) is 10.9 Å². The van der Waals surface area contributed by atoms with Gasteiger partial charge in [0.2, 0.25) is 5.91 Å². The van der Waals surface area contributed by atoms with E-state index in [-0.39, 0.29) is 11.9 Å². The first-order valence-electron chi connectivity index (χ1n) is 9.25. The van der Waals surface area contributed by atoms with Gasteiger partial charge < -0.3 is 4.90 Å². The van der Waals surface area contributed by atoms with E-state index in [1.54, 1.807) is 6.20 Å². The Kier molecular flexibility index (Phi) is 4.45. The molecule has 5 nitrogen and oxygen atoms in total. The van der Waals surface area contributed by atoms with Crippen LogP contribution in [0.15, 0.2) is 42.6 Å². The molecule has 0 bridgehead atoms. The first kappa shape index (κ1) is 16.8. The minimum absolute atomic E-state index is 0.175. The van der Waals surface area contributed by atoms with E-state index in [4.69, 9.17) is 0 Å². The van der Waals surface area contributed by atoms with E-state index in [0.29, 0.717) is 6.42 Å². The zero-order valence-corrected chi connectivity index (χ0v) is 15.4. The van der Waals surface area contributed by atoms with Crippen molar-refractivity contribution in [2.75, 3.05) is 13.1 Å². The second-order valence-corrected chi connectivity index (χ2v) is 7.18. The van der Waals surface area contributed by atoms with Crippen molar-refractivity contribution in [3.05, 3.63) is 59.5 Å². The molecule has 0 unspecified atom stereocenters. The molecule has 0 aliphatic carbocycles. The van der Waals surface area contributed by atoms with Crippen LogP contribution in [0.2, 0.25) is 0 Å². The number of hydrogen-bond donors (Lipinski definition) is 0. The number of amides is 1. The lowest BCUT2D eigenvalue weighted by Crippen LogP contribution is -2.41. The summed E-state index contributed by atoms with van der Waals surface area (Å²) in [6.07, 6.45) is 4.28. The van der Waals surface area contributed by atoms with E-state index >= 15 is 0 Å². The fourth-order valence-electron chi connectivity index (χ4n) is 3.98.